The van der Waals surface area contributed by atoms with Gasteiger partial charge in [0, 0.05) is 22.2 Å². The van der Waals surface area contributed by atoms with Gasteiger partial charge in [-0.3, -0.25) is 9.59 Å². The molecule has 0 fully saturated rings. The summed E-state index contributed by atoms with van der Waals surface area (Å²) in [7, 11) is 0. The van der Waals surface area contributed by atoms with E-state index in [-0.39, 0.29) is 23.9 Å². The Morgan fingerprint density at radius 2 is 1.94 bits per heavy atom. The minimum atomic E-state index is -0.272. The molecule has 18 heavy (non-hydrogen) atoms. The van der Waals surface area contributed by atoms with Gasteiger partial charge < -0.3 is 4.74 Å². The van der Waals surface area contributed by atoms with Crippen molar-refractivity contribution in [1.29, 1.82) is 0 Å². The summed E-state index contributed by atoms with van der Waals surface area (Å²) in [5.74, 6) is -0.425. The number of carbonyl (C=O) groups excluding carboxylic acids is 2. The zero-order chi connectivity index (χ0) is 13.1. The molecular weight excluding hydrogens is 252 g/mol. The molecule has 0 atom stereocenters. The zero-order valence-corrected chi connectivity index (χ0v) is 10.5. The molecule has 3 nitrogen and oxygen atoms in total. The predicted octanol–water partition coefficient (Wildman–Crippen LogP) is 3.11. The van der Waals surface area contributed by atoms with Crippen molar-refractivity contribution in [3.8, 4) is 0 Å². The first-order valence-electron chi connectivity index (χ1n) is 5.44. The summed E-state index contributed by atoms with van der Waals surface area (Å²) in [4.78, 5) is 23.8. The maximum Gasteiger partial charge on any atom is 0.228 e. The molecule has 1 aliphatic rings. The van der Waals surface area contributed by atoms with Gasteiger partial charge in [0.05, 0.1) is 0 Å². The number of benzene rings is 1. The van der Waals surface area contributed by atoms with Gasteiger partial charge in [0.15, 0.2) is 11.5 Å². The molecule has 0 radical (unpaired) electrons. The van der Waals surface area contributed by atoms with Gasteiger partial charge in [-0.1, -0.05) is 35.9 Å². The standard InChI is InChI=1S/C14H11ClO3/c1-9(15)6-7-18-13-8-12(16)10-4-2-3-5-11(10)14(13)17/h2-6,8H,7H2,1H3/b9-6+. The van der Waals surface area contributed by atoms with Gasteiger partial charge in [0.2, 0.25) is 5.78 Å². The molecule has 0 aromatic heterocycles. The quantitative estimate of drug-likeness (QED) is 0.841. The van der Waals surface area contributed by atoms with E-state index in [1.54, 1.807) is 37.3 Å². The van der Waals surface area contributed by atoms with E-state index in [4.69, 9.17) is 16.3 Å². The number of carbonyl (C=O) groups is 2. The number of halogens is 1. The third kappa shape index (κ3) is 2.51. The minimum Gasteiger partial charge on any atom is -0.485 e. The van der Waals surface area contributed by atoms with Crippen molar-refractivity contribution in [2.24, 2.45) is 0 Å². The van der Waals surface area contributed by atoms with Crippen LogP contribution in [0.3, 0.4) is 0 Å². The molecule has 0 heterocycles. The van der Waals surface area contributed by atoms with Crippen LogP contribution in [0.2, 0.25) is 0 Å². The van der Waals surface area contributed by atoms with Gasteiger partial charge in [-0.2, -0.15) is 0 Å². The fraction of sp³-hybridized carbons (Fsp3) is 0.143. The summed E-state index contributed by atoms with van der Waals surface area (Å²) in [6.45, 7) is 1.88. The highest BCUT2D eigenvalue weighted by Gasteiger charge is 2.25. The van der Waals surface area contributed by atoms with Crippen molar-refractivity contribution in [2.75, 3.05) is 6.61 Å². The molecule has 0 spiro atoms. The Kier molecular flexibility index (Phi) is 3.63. The molecular formula is C14H11ClO3. The smallest absolute Gasteiger partial charge is 0.228 e. The lowest BCUT2D eigenvalue weighted by molar-refractivity contribution is 0.0900. The molecule has 0 aliphatic heterocycles. The lowest BCUT2D eigenvalue weighted by atomic mass is 9.94. The van der Waals surface area contributed by atoms with Gasteiger partial charge in [-0.25, -0.2) is 0 Å². The van der Waals surface area contributed by atoms with Crippen LogP contribution in [0.25, 0.3) is 0 Å². The van der Waals surface area contributed by atoms with Crippen LogP contribution in [0, 0.1) is 0 Å². The van der Waals surface area contributed by atoms with E-state index in [0.29, 0.717) is 16.2 Å². The molecule has 0 amide bonds. The number of ether oxygens (including phenoxy) is 1. The zero-order valence-electron chi connectivity index (χ0n) is 9.77. The van der Waals surface area contributed by atoms with Crippen LogP contribution in [0.5, 0.6) is 0 Å². The van der Waals surface area contributed by atoms with Crippen LogP contribution >= 0.6 is 11.6 Å². The number of Topliss-reactive ketones (excluding diaryl/α,β-unsaturated/α-hetero) is 1. The topological polar surface area (TPSA) is 43.4 Å². The molecule has 0 bridgehead atoms. The van der Waals surface area contributed by atoms with E-state index in [0.717, 1.165) is 0 Å². The third-order valence-corrected chi connectivity index (χ3v) is 2.68. The molecule has 0 saturated carbocycles. The summed E-state index contributed by atoms with van der Waals surface area (Å²) >= 11 is 5.65. The minimum absolute atomic E-state index is 0.0628. The summed E-state index contributed by atoms with van der Waals surface area (Å²) in [5.41, 5.74) is 0.797. The van der Waals surface area contributed by atoms with Crippen LogP contribution in [0.15, 0.2) is 47.2 Å². The van der Waals surface area contributed by atoms with Crippen molar-refractivity contribution in [3.63, 3.8) is 0 Å². The number of fused-ring (bicyclic) bond motifs is 1. The van der Waals surface area contributed by atoms with Gasteiger partial charge in [0.1, 0.15) is 6.61 Å². The predicted molar refractivity (Wildman–Crippen MR) is 68.7 cm³/mol. The van der Waals surface area contributed by atoms with Crippen molar-refractivity contribution in [1.82, 2.24) is 0 Å². The monoisotopic (exact) mass is 262 g/mol. The Labute approximate surface area is 110 Å². The van der Waals surface area contributed by atoms with Gasteiger partial charge >= 0.3 is 0 Å². The van der Waals surface area contributed by atoms with Crippen molar-refractivity contribution < 1.29 is 14.3 Å². The van der Waals surface area contributed by atoms with E-state index in [2.05, 4.69) is 0 Å². The fourth-order valence-electron chi connectivity index (χ4n) is 1.64. The molecule has 2 rings (SSSR count). The number of rotatable bonds is 3. The SMILES string of the molecule is C/C(Cl)=C\COC1=CC(=O)c2ccccc2C1=O. The lowest BCUT2D eigenvalue weighted by Crippen LogP contribution is -2.18. The van der Waals surface area contributed by atoms with E-state index in [9.17, 15) is 9.59 Å². The molecule has 0 unspecified atom stereocenters. The Morgan fingerprint density at radius 3 is 2.61 bits per heavy atom. The summed E-state index contributed by atoms with van der Waals surface area (Å²) in [5, 5.41) is 0.575. The Balaban J connectivity index is 2.23. The van der Waals surface area contributed by atoms with Crippen LogP contribution in [0.4, 0.5) is 0 Å². The molecule has 92 valence electrons. The average Bonchev–Trinajstić information content (AvgIpc) is 2.35. The van der Waals surface area contributed by atoms with E-state index in [1.165, 1.54) is 6.08 Å². The first kappa shape index (κ1) is 12.6. The molecule has 4 heteroatoms. The van der Waals surface area contributed by atoms with E-state index >= 15 is 0 Å². The molecule has 0 saturated heterocycles. The van der Waals surface area contributed by atoms with Crippen molar-refractivity contribution >= 4 is 23.2 Å². The average molecular weight is 263 g/mol. The molecule has 0 N–H and O–H groups in total. The van der Waals surface area contributed by atoms with Gasteiger partial charge in [-0.05, 0) is 13.0 Å². The normalized spacial score (nSPS) is 15.2. The van der Waals surface area contributed by atoms with Crippen LogP contribution in [-0.2, 0) is 4.74 Å². The van der Waals surface area contributed by atoms with Crippen molar-refractivity contribution in [3.05, 3.63) is 58.3 Å². The molecule has 1 aromatic carbocycles. The maximum atomic E-state index is 12.0. The van der Waals surface area contributed by atoms with Crippen LogP contribution in [-0.4, -0.2) is 18.2 Å². The highest BCUT2D eigenvalue weighted by Crippen LogP contribution is 2.21. The molecule has 1 aromatic rings. The molecule has 1 aliphatic carbocycles. The highest BCUT2D eigenvalue weighted by molar-refractivity contribution is 6.29. The Bertz CT molecular complexity index is 566. The van der Waals surface area contributed by atoms with Gasteiger partial charge in [0.25, 0.3) is 0 Å². The summed E-state index contributed by atoms with van der Waals surface area (Å²) in [6, 6.07) is 6.69. The number of hydrogen-bond acceptors (Lipinski definition) is 3. The number of allylic oxidation sites excluding steroid dienone is 3. The van der Waals surface area contributed by atoms with Gasteiger partial charge in [-0.15, -0.1) is 0 Å². The second-order valence-corrected chi connectivity index (χ2v) is 4.45. The third-order valence-electron chi connectivity index (χ3n) is 2.53. The van der Waals surface area contributed by atoms with Crippen molar-refractivity contribution in [2.45, 2.75) is 6.92 Å². The van der Waals surface area contributed by atoms with E-state index in [1.807, 2.05) is 0 Å². The lowest BCUT2D eigenvalue weighted by Gasteiger charge is -2.14. The fourth-order valence-corrected chi connectivity index (χ4v) is 1.71. The van der Waals surface area contributed by atoms with Crippen LogP contribution in [0.1, 0.15) is 27.6 Å². The summed E-state index contributed by atoms with van der Waals surface area (Å²) < 4.78 is 5.26. The Hall–Kier alpha value is -1.87. The highest BCUT2D eigenvalue weighted by atomic mass is 35.5. The van der Waals surface area contributed by atoms with E-state index < -0.39 is 0 Å². The first-order chi connectivity index (χ1) is 8.59. The second kappa shape index (κ2) is 5.19. The first-order valence-corrected chi connectivity index (χ1v) is 5.82. The largest absolute Gasteiger partial charge is 0.485 e. The van der Waals surface area contributed by atoms with Crippen LogP contribution < -0.4 is 0 Å². The summed E-state index contributed by atoms with van der Waals surface area (Å²) in [6.07, 6.45) is 2.85. The number of ketones is 2. The maximum absolute atomic E-state index is 12.0. The second-order valence-electron chi connectivity index (χ2n) is 3.85. The number of hydrogen-bond donors (Lipinski definition) is 0. The Morgan fingerprint density at radius 1 is 1.28 bits per heavy atom.